The van der Waals surface area contributed by atoms with Gasteiger partial charge in [-0.25, -0.2) is 0 Å². The van der Waals surface area contributed by atoms with E-state index < -0.39 is 0 Å². The largest absolute Gasteiger partial charge is 1.00 e. The predicted molar refractivity (Wildman–Crippen MR) is 143 cm³/mol. The van der Waals surface area contributed by atoms with Gasteiger partial charge in [0.2, 0.25) is 0 Å². The van der Waals surface area contributed by atoms with E-state index in [4.69, 9.17) is 5.73 Å². The van der Waals surface area contributed by atoms with Crippen molar-refractivity contribution >= 4 is 12.4 Å². The molecule has 0 aromatic rings. The van der Waals surface area contributed by atoms with Crippen molar-refractivity contribution in [3.63, 3.8) is 0 Å². The normalized spacial score (nSPS) is 10.6. The lowest BCUT2D eigenvalue weighted by atomic mass is 10.1. The van der Waals surface area contributed by atoms with E-state index in [1.165, 1.54) is 135 Å². The van der Waals surface area contributed by atoms with Gasteiger partial charge >= 0.3 is 0 Å². The van der Waals surface area contributed by atoms with Crippen LogP contribution in [-0.2, 0) is 0 Å². The third-order valence-electron chi connectivity index (χ3n) is 5.74. The highest BCUT2D eigenvalue weighted by Gasteiger charge is 2.04. The van der Waals surface area contributed by atoms with Crippen LogP contribution in [0.4, 0.5) is 0 Å². The summed E-state index contributed by atoms with van der Waals surface area (Å²) < 4.78 is 1.12. The SMILES string of the molecule is CCCCCCCCCCCCN.CCCCCCCCCCCC[N+](C)(C)C.Cl.[Br-]. The van der Waals surface area contributed by atoms with Crippen molar-refractivity contribution in [3.05, 3.63) is 0 Å². The number of hydrogen-bond acceptors (Lipinski definition) is 1. The van der Waals surface area contributed by atoms with E-state index in [-0.39, 0.29) is 29.4 Å². The highest BCUT2D eigenvalue weighted by atomic mass is 79.9. The van der Waals surface area contributed by atoms with E-state index in [0.717, 1.165) is 11.0 Å². The van der Waals surface area contributed by atoms with Gasteiger partial charge in [-0.2, -0.15) is 0 Å². The summed E-state index contributed by atoms with van der Waals surface area (Å²) in [5.41, 5.74) is 5.42. The van der Waals surface area contributed by atoms with E-state index >= 15 is 0 Å². The molecule has 0 fully saturated rings. The highest BCUT2D eigenvalue weighted by molar-refractivity contribution is 5.85. The van der Waals surface area contributed by atoms with Gasteiger partial charge in [0.15, 0.2) is 0 Å². The summed E-state index contributed by atoms with van der Waals surface area (Å²) in [6.45, 7) is 6.76. The van der Waals surface area contributed by atoms with Gasteiger partial charge in [0.05, 0.1) is 27.7 Å². The Labute approximate surface area is 215 Å². The third kappa shape index (κ3) is 45.0. The Balaban J connectivity index is -0.000000225. The first kappa shape index (κ1) is 38.9. The smallest absolute Gasteiger partial charge is 0.0780 e. The fraction of sp³-hybridized carbons (Fsp3) is 1.00. The summed E-state index contributed by atoms with van der Waals surface area (Å²) >= 11 is 0. The summed E-state index contributed by atoms with van der Waals surface area (Å²) in [7, 11) is 6.86. The Kier molecular flexibility index (Phi) is 41.3. The zero-order valence-corrected chi connectivity index (χ0v) is 24.8. The van der Waals surface area contributed by atoms with Crippen molar-refractivity contribution in [1.82, 2.24) is 0 Å². The molecule has 2 nitrogen and oxygen atoms in total. The molecule has 0 atom stereocenters. The van der Waals surface area contributed by atoms with Crippen molar-refractivity contribution < 1.29 is 21.5 Å². The van der Waals surface area contributed by atoms with Crippen LogP contribution in [0.25, 0.3) is 0 Å². The first-order chi connectivity index (χ1) is 14.0. The van der Waals surface area contributed by atoms with Crippen molar-refractivity contribution in [1.29, 1.82) is 0 Å². The van der Waals surface area contributed by atoms with Crippen molar-refractivity contribution in [2.45, 2.75) is 142 Å². The van der Waals surface area contributed by atoms with Crippen LogP contribution in [0, 0.1) is 0 Å². The number of nitrogens with zero attached hydrogens (tertiary/aromatic N) is 1. The maximum Gasteiger partial charge on any atom is 0.0780 e. The summed E-state index contributed by atoms with van der Waals surface area (Å²) in [5.74, 6) is 0. The van der Waals surface area contributed by atoms with E-state index in [1.54, 1.807) is 0 Å². The highest BCUT2D eigenvalue weighted by Crippen LogP contribution is 2.11. The van der Waals surface area contributed by atoms with Crippen LogP contribution in [0.2, 0.25) is 0 Å². The Morgan fingerprint density at radius 1 is 0.452 bits per heavy atom. The van der Waals surface area contributed by atoms with Gasteiger partial charge in [0, 0.05) is 0 Å². The van der Waals surface area contributed by atoms with Crippen LogP contribution in [0.15, 0.2) is 0 Å². The molecule has 0 saturated heterocycles. The molecule has 0 rings (SSSR count). The fourth-order valence-corrected chi connectivity index (χ4v) is 3.71. The number of halogens is 2. The van der Waals surface area contributed by atoms with Crippen LogP contribution >= 0.6 is 12.4 Å². The van der Waals surface area contributed by atoms with Gasteiger partial charge < -0.3 is 27.2 Å². The average molecular weight is 530 g/mol. The second kappa shape index (κ2) is 32.9. The minimum absolute atomic E-state index is 0. The van der Waals surface area contributed by atoms with Gasteiger partial charge in [0.25, 0.3) is 0 Å². The van der Waals surface area contributed by atoms with Gasteiger partial charge in [-0.15, -0.1) is 12.4 Å². The molecule has 0 heterocycles. The van der Waals surface area contributed by atoms with Gasteiger partial charge in [0.1, 0.15) is 0 Å². The molecule has 0 amide bonds. The quantitative estimate of drug-likeness (QED) is 0.145. The summed E-state index contributed by atoms with van der Waals surface area (Å²) in [4.78, 5) is 0. The Morgan fingerprint density at radius 2 is 0.710 bits per heavy atom. The number of unbranched alkanes of at least 4 members (excludes halogenated alkanes) is 18. The lowest BCUT2D eigenvalue weighted by Gasteiger charge is -2.23. The van der Waals surface area contributed by atoms with E-state index in [1.807, 2.05) is 0 Å². The molecule has 0 aliphatic heterocycles. The number of hydrogen-bond donors (Lipinski definition) is 1. The van der Waals surface area contributed by atoms with Crippen LogP contribution in [-0.4, -0.2) is 38.7 Å². The topological polar surface area (TPSA) is 26.0 Å². The van der Waals surface area contributed by atoms with Crippen molar-refractivity contribution in [2.24, 2.45) is 5.73 Å². The lowest BCUT2D eigenvalue weighted by molar-refractivity contribution is -0.870. The lowest BCUT2D eigenvalue weighted by Crippen LogP contribution is -3.00. The van der Waals surface area contributed by atoms with Crippen LogP contribution in [0.5, 0.6) is 0 Å². The molecule has 0 unspecified atom stereocenters. The van der Waals surface area contributed by atoms with Crippen LogP contribution < -0.4 is 22.7 Å². The first-order valence-corrected chi connectivity index (χ1v) is 13.5. The summed E-state index contributed by atoms with van der Waals surface area (Å²) in [6.07, 6.45) is 28.3. The molecular weight excluding hydrogens is 468 g/mol. The minimum Gasteiger partial charge on any atom is -1.00 e. The number of quaternary nitrogens is 1. The van der Waals surface area contributed by atoms with Crippen molar-refractivity contribution in [2.75, 3.05) is 34.2 Å². The average Bonchev–Trinajstić information content (AvgIpc) is 2.68. The second-order valence-corrected chi connectivity index (χ2v) is 10.2. The molecule has 2 N–H and O–H groups in total. The number of rotatable bonds is 21. The van der Waals surface area contributed by atoms with Crippen LogP contribution in [0.3, 0.4) is 0 Å². The van der Waals surface area contributed by atoms with Gasteiger partial charge in [-0.3, -0.25) is 0 Å². The second-order valence-electron chi connectivity index (χ2n) is 10.2. The molecule has 0 aliphatic rings. The summed E-state index contributed by atoms with van der Waals surface area (Å²) in [5, 5.41) is 0. The Morgan fingerprint density at radius 3 is 0.968 bits per heavy atom. The van der Waals surface area contributed by atoms with E-state index in [9.17, 15) is 0 Å². The Hall–Kier alpha value is 0.690. The molecule has 0 saturated carbocycles. The molecule has 0 spiro atoms. The molecule has 0 aromatic heterocycles. The Bertz CT molecular complexity index is 273. The monoisotopic (exact) mass is 528 g/mol. The van der Waals surface area contributed by atoms with Crippen molar-refractivity contribution in [3.8, 4) is 0 Å². The van der Waals surface area contributed by atoms with Gasteiger partial charge in [-0.1, -0.05) is 123 Å². The molecule has 194 valence electrons. The van der Waals surface area contributed by atoms with Gasteiger partial charge in [-0.05, 0) is 25.8 Å². The fourth-order valence-electron chi connectivity index (χ4n) is 3.71. The molecule has 4 heteroatoms. The molecule has 0 aliphatic carbocycles. The third-order valence-corrected chi connectivity index (χ3v) is 5.74. The summed E-state index contributed by atoms with van der Waals surface area (Å²) in [6, 6.07) is 0. The maximum absolute atomic E-state index is 5.42. The molecule has 0 bridgehead atoms. The zero-order valence-electron chi connectivity index (χ0n) is 22.4. The molecule has 0 radical (unpaired) electrons. The predicted octanol–water partition coefficient (Wildman–Crippen LogP) is 5.91. The van der Waals surface area contributed by atoms with E-state index in [0.29, 0.717) is 0 Å². The first-order valence-electron chi connectivity index (χ1n) is 13.5. The molecule has 0 aromatic carbocycles. The zero-order chi connectivity index (χ0) is 22.1. The molecular formula is C27H62BrClN2. The van der Waals surface area contributed by atoms with Crippen LogP contribution in [0.1, 0.15) is 142 Å². The number of nitrogens with two attached hydrogens (primary N) is 1. The standard InChI is InChI=1S/C15H34N.C12H27N.BrH.ClH/c1-5-6-7-8-9-10-11-12-13-14-15-16(2,3)4;1-2-3-4-5-6-7-8-9-10-11-12-13;;/h5-15H2,1-4H3;2-13H2,1H3;2*1H/q+1;;;/p-1. The maximum atomic E-state index is 5.42. The van der Waals surface area contributed by atoms with E-state index in [2.05, 4.69) is 35.0 Å². The minimum atomic E-state index is 0. The molecule has 31 heavy (non-hydrogen) atoms.